The topological polar surface area (TPSA) is 93.1 Å². The van der Waals surface area contributed by atoms with Gasteiger partial charge in [0.05, 0.1) is 16.5 Å². The van der Waals surface area contributed by atoms with Gasteiger partial charge >= 0.3 is 5.97 Å². The van der Waals surface area contributed by atoms with Crippen molar-refractivity contribution in [2.75, 3.05) is 11.7 Å². The fraction of sp³-hybridized carbons (Fsp3) is 0.167. The number of hydrogen-bond donors (Lipinski definition) is 1. The largest absolute Gasteiger partial charge is 0.478 e. The molecule has 0 spiro atoms. The zero-order valence-electron chi connectivity index (χ0n) is 13.4. The van der Waals surface area contributed by atoms with Gasteiger partial charge in [-0.1, -0.05) is 12.1 Å². The zero-order valence-corrected chi connectivity index (χ0v) is 14.2. The molecule has 26 heavy (non-hydrogen) atoms. The molecule has 0 radical (unpaired) electrons. The molecule has 2 amide bonds. The quantitative estimate of drug-likeness (QED) is 0.826. The average Bonchev–Trinajstić information content (AvgIpc) is 3.19. The summed E-state index contributed by atoms with van der Waals surface area (Å²) >= 11 is 1.09. The predicted octanol–water partition coefficient (Wildman–Crippen LogP) is 2.54. The van der Waals surface area contributed by atoms with Gasteiger partial charge in [0.15, 0.2) is 11.5 Å². The second kappa shape index (κ2) is 6.38. The van der Waals surface area contributed by atoms with Crippen LogP contribution < -0.4 is 14.4 Å². The van der Waals surface area contributed by atoms with Gasteiger partial charge in [-0.3, -0.25) is 9.59 Å². The highest BCUT2D eigenvalue weighted by Gasteiger charge is 2.41. The lowest BCUT2D eigenvalue weighted by molar-refractivity contribution is -0.121. The lowest BCUT2D eigenvalue weighted by Crippen LogP contribution is -2.31. The summed E-state index contributed by atoms with van der Waals surface area (Å²) < 4.78 is 10.5. The molecule has 0 aliphatic carbocycles. The number of imide groups is 1. The van der Waals surface area contributed by atoms with E-state index in [0.717, 1.165) is 16.7 Å². The Morgan fingerprint density at radius 3 is 2.69 bits per heavy atom. The third kappa shape index (κ3) is 2.78. The summed E-state index contributed by atoms with van der Waals surface area (Å²) in [6.45, 7) is 0.102. The molecule has 1 saturated heterocycles. The monoisotopic (exact) mass is 371 g/mol. The van der Waals surface area contributed by atoms with E-state index in [0.29, 0.717) is 22.1 Å². The molecule has 4 rings (SSSR count). The van der Waals surface area contributed by atoms with Gasteiger partial charge in [0.2, 0.25) is 18.6 Å². The second-order valence-electron chi connectivity index (χ2n) is 5.72. The molecule has 8 heteroatoms. The van der Waals surface area contributed by atoms with Gasteiger partial charge in [-0.15, -0.1) is 11.8 Å². The first-order valence-electron chi connectivity index (χ1n) is 7.80. The fourth-order valence-corrected chi connectivity index (χ4v) is 4.07. The molecule has 2 aromatic carbocycles. The SMILES string of the molecule is O=C(O)c1ccccc1S[C@H]1CC(=O)N(c2ccc3c(c2)OCO3)C1=O. The van der Waals surface area contributed by atoms with Crippen LogP contribution in [0.4, 0.5) is 5.69 Å². The van der Waals surface area contributed by atoms with Gasteiger partial charge in [0.25, 0.3) is 0 Å². The molecule has 0 aromatic heterocycles. The summed E-state index contributed by atoms with van der Waals surface area (Å²) in [4.78, 5) is 38.1. The van der Waals surface area contributed by atoms with E-state index in [4.69, 9.17) is 9.47 Å². The number of carboxylic acid groups (broad SMARTS) is 1. The molecule has 0 saturated carbocycles. The lowest BCUT2D eigenvalue weighted by Gasteiger charge is -2.15. The van der Waals surface area contributed by atoms with Gasteiger partial charge in [-0.2, -0.15) is 0 Å². The number of benzene rings is 2. The molecule has 2 aliphatic heterocycles. The first kappa shape index (κ1) is 16.5. The van der Waals surface area contributed by atoms with Crippen molar-refractivity contribution in [1.29, 1.82) is 0 Å². The maximum atomic E-state index is 12.8. The summed E-state index contributed by atoms with van der Waals surface area (Å²) in [5.41, 5.74) is 0.526. The van der Waals surface area contributed by atoms with Crippen molar-refractivity contribution in [3.05, 3.63) is 48.0 Å². The van der Waals surface area contributed by atoms with Crippen molar-refractivity contribution < 1.29 is 29.0 Å². The molecular formula is C18H13NO6S. The van der Waals surface area contributed by atoms with Crippen LogP contribution in [0.15, 0.2) is 47.4 Å². The number of carbonyl (C=O) groups excluding carboxylic acids is 2. The third-order valence-corrected chi connectivity index (χ3v) is 5.37. The number of nitrogens with zero attached hydrogens (tertiary/aromatic N) is 1. The number of carbonyl (C=O) groups is 3. The number of carboxylic acids is 1. The number of anilines is 1. The normalized spacial score (nSPS) is 18.5. The molecule has 7 nitrogen and oxygen atoms in total. The molecule has 0 bridgehead atoms. The number of ether oxygens (including phenoxy) is 2. The number of fused-ring (bicyclic) bond motifs is 1. The van der Waals surface area contributed by atoms with Crippen LogP contribution in [0.25, 0.3) is 0 Å². The summed E-state index contributed by atoms with van der Waals surface area (Å²) in [6.07, 6.45) is 0.00585. The Kier molecular flexibility index (Phi) is 4.04. The van der Waals surface area contributed by atoms with Crippen molar-refractivity contribution in [2.24, 2.45) is 0 Å². The Bertz CT molecular complexity index is 928. The predicted molar refractivity (Wildman–Crippen MR) is 92.7 cm³/mol. The van der Waals surface area contributed by atoms with Gasteiger partial charge in [-0.05, 0) is 24.3 Å². The van der Waals surface area contributed by atoms with Crippen molar-refractivity contribution in [1.82, 2.24) is 0 Å². The maximum Gasteiger partial charge on any atom is 0.336 e. The smallest absolute Gasteiger partial charge is 0.336 e. The number of hydrogen-bond acceptors (Lipinski definition) is 6. The molecule has 2 aromatic rings. The number of aromatic carboxylic acids is 1. The molecular weight excluding hydrogens is 358 g/mol. The van der Waals surface area contributed by atoms with Crippen LogP contribution in [0.1, 0.15) is 16.8 Å². The summed E-state index contributed by atoms with van der Waals surface area (Å²) in [7, 11) is 0. The first-order chi connectivity index (χ1) is 12.5. The van der Waals surface area contributed by atoms with Crippen LogP contribution in [0.3, 0.4) is 0 Å². The maximum absolute atomic E-state index is 12.8. The van der Waals surface area contributed by atoms with E-state index in [2.05, 4.69) is 0 Å². The van der Waals surface area contributed by atoms with E-state index in [1.165, 1.54) is 6.07 Å². The average molecular weight is 371 g/mol. The molecule has 1 N–H and O–H groups in total. The first-order valence-corrected chi connectivity index (χ1v) is 8.68. The Morgan fingerprint density at radius 1 is 1.12 bits per heavy atom. The van der Waals surface area contributed by atoms with Crippen LogP contribution in [0.2, 0.25) is 0 Å². The lowest BCUT2D eigenvalue weighted by atomic mass is 10.2. The van der Waals surface area contributed by atoms with Crippen LogP contribution >= 0.6 is 11.8 Å². The Labute approximate surface area is 152 Å². The van der Waals surface area contributed by atoms with Crippen LogP contribution in [-0.4, -0.2) is 34.9 Å². The van der Waals surface area contributed by atoms with E-state index in [1.54, 1.807) is 36.4 Å². The van der Waals surface area contributed by atoms with Crippen LogP contribution in [-0.2, 0) is 9.59 Å². The van der Waals surface area contributed by atoms with E-state index >= 15 is 0 Å². The minimum absolute atomic E-state index is 0.00585. The highest BCUT2D eigenvalue weighted by Crippen LogP contribution is 2.39. The standard InChI is InChI=1S/C18H13NO6S/c20-16-8-15(26-14-4-2-1-3-11(14)18(22)23)17(21)19(16)10-5-6-12-13(7-10)25-9-24-12/h1-7,15H,8-9H2,(H,22,23)/t15-/m0/s1. The van der Waals surface area contributed by atoms with Crippen LogP contribution in [0.5, 0.6) is 11.5 Å². The fourth-order valence-electron chi connectivity index (χ4n) is 2.89. The number of thioether (sulfide) groups is 1. The summed E-state index contributed by atoms with van der Waals surface area (Å²) in [5, 5.41) is 8.60. The Balaban J connectivity index is 1.59. The molecule has 0 unspecified atom stereocenters. The molecule has 2 heterocycles. The zero-order chi connectivity index (χ0) is 18.3. The van der Waals surface area contributed by atoms with Gasteiger partial charge in [-0.25, -0.2) is 9.69 Å². The van der Waals surface area contributed by atoms with Gasteiger partial charge in [0.1, 0.15) is 0 Å². The van der Waals surface area contributed by atoms with E-state index in [9.17, 15) is 19.5 Å². The minimum Gasteiger partial charge on any atom is -0.478 e. The Morgan fingerprint density at radius 2 is 1.88 bits per heavy atom. The van der Waals surface area contributed by atoms with Gasteiger partial charge < -0.3 is 14.6 Å². The highest BCUT2D eigenvalue weighted by molar-refractivity contribution is 8.00. The summed E-state index contributed by atoms with van der Waals surface area (Å²) in [6, 6.07) is 11.3. The number of amides is 2. The molecule has 1 atom stereocenters. The van der Waals surface area contributed by atoms with Gasteiger partial charge in [0, 0.05) is 17.4 Å². The molecule has 2 aliphatic rings. The number of rotatable bonds is 4. The second-order valence-corrected chi connectivity index (χ2v) is 6.96. The molecule has 1 fully saturated rings. The van der Waals surface area contributed by atoms with Crippen molar-refractivity contribution in [3.8, 4) is 11.5 Å². The van der Waals surface area contributed by atoms with Crippen molar-refractivity contribution >= 4 is 35.2 Å². The van der Waals surface area contributed by atoms with Crippen molar-refractivity contribution in [2.45, 2.75) is 16.6 Å². The minimum atomic E-state index is -1.07. The van der Waals surface area contributed by atoms with E-state index in [-0.39, 0.29) is 30.6 Å². The van der Waals surface area contributed by atoms with Crippen LogP contribution in [0, 0.1) is 0 Å². The summed E-state index contributed by atoms with van der Waals surface area (Å²) in [5.74, 6) is -0.736. The highest BCUT2D eigenvalue weighted by atomic mass is 32.2. The van der Waals surface area contributed by atoms with E-state index in [1.807, 2.05) is 0 Å². The third-order valence-electron chi connectivity index (χ3n) is 4.11. The Hall–Kier alpha value is -3.00. The molecule has 132 valence electrons. The van der Waals surface area contributed by atoms with E-state index < -0.39 is 11.2 Å². The van der Waals surface area contributed by atoms with Crippen molar-refractivity contribution in [3.63, 3.8) is 0 Å².